The first-order valence-corrected chi connectivity index (χ1v) is 10.2. The highest BCUT2D eigenvalue weighted by atomic mass is 16.6. The normalized spacial score (nSPS) is 19.5. The van der Waals surface area contributed by atoms with Gasteiger partial charge in [0.1, 0.15) is 31.2 Å². The Morgan fingerprint density at radius 3 is 2.37 bits per heavy atom. The van der Waals surface area contributed by atoms with Gasteiger partial charge in [0.25, 0.3) is 0 Å². The molecule has 2 aliphatic rings. The predicted molar refractivity (Wildman–Crippen MR) is 112 cm³/mol. The number of ketones is 1. The highest BCUT2D eigenvalue weighted by Crippen LogP contribution is 2.29. The van der Waals surface area contributed by atoms with Crippen molar-refractivity contribution < 1.29 is 28.5 Å². The van der Waals surface area contributed by atoms with Gasteiger partial charge in [-0.25, -0.2) is 0 Å². The van der Waals surface area contributed by atoms with E-state index in [2.05, 4.69) is 0 Å². The third kappa shape index (κ3) is 6.34. The van der Waals surface area contributed by atoms with E-state index in [0.29, 0.717) is 37.6 Å². The molecule has 158 valence electrons. The van der Waals surface area contributed by atoms with Crippen LogP contribution in [0.25, 0.3) is 6.08 Å². The molecule has 0 N–H and O–H groups in total. The molecule has 2 saturated heterocycles. The molecule has 2 aromatic carbocycles. The van der Waals surface area contributed by atoms with Gasteiger partial charge in [0.05, 0.1) is 20.3 Å². The van der Waals surface area contributed by atoms with E-state index in [0.717, 1.165) is 30.1 Å². The molecule has 0 amide bonds. The lowest BCUT2D eigenvalue weighted by Gasteiger charge is -2.10. The van der Waals surface area contributed by atoms with Crippen LogP contribution >= 0.6 is 0 Å². The van der Waals surface area contributed by atoms with Crippen LogP contribution in [-0.2, 0) is 20.7 Å². The van der Waals surface area contributed by atoms with E-state index in [9.17, 15) is 4.79 Å². The molecule has 4 rings (SSSR count). The monoisotopic (exact) mass is 410 g/mol. The molecule has 2 fully saturated rings. The number of epoxide rings is 2. The fourth-order valence-electron chi connectivity index (χ4n) is 2.90. The largest absolute Gasteiger partial charge is 0.493 e. The molecular formula is C24H26O6. The Morgan fingerprint density at radius 1 is 1.00 bits per heavy atom. The Hall–Kier alpha value is -2.83. The molecule has 0 aliphatic carbocycles. The van der Waals surface area contributed by atoms with Gasteiger partial charge < -0.3 is 23.7 Å². The molecule has 2 atom stereocenters. The molecule has 6 heteroatoms. The van der Waals surface area contributed by atoms with Gasteiger partial charge >= 0.3 is 0 Å². The van der Waals surface area contributed by atoms with Gasteiger partial charge in [-0.05, 0) is 47.9 Å². The van der Waals surface area contributed by atoms with E-state index in [4.69, 9.17) is 23.7 Å². The van der Waals surface area contributed by atoms with E-state index in [1.807, 2.05) is 42.5 Å². The van der Waals surface area contributed by atoms with Crippen molar-refractivity contribution in [1.82, 2.24) is 0 Å². The summed E-state index contributed by atoms with van der Waals surface area (Å²) in [7, 11) is 1.60. The summed E-state index contributed by atoms with van der Waals surface area (Å²) in [5.74, 6) is 2.22. The number of ether oxygens (including phenoxy) is 5. The second kappa shape index (κ2) is 9.78. The van der Waals surface area contributed by atoms with Gasteiger partial charge in [0.15, 0.2) is 17.3 Å². The van der Waals surface area contributed by atoms with Crippen LogP contribution in [0, 0.1) is 0 Å². The lowest BCUT2D eigenvalue weighted by Crippen LogP contribution is -2.05. The average Bonchev–Trinajstić information content (AvgIpc) is 3.69. The molecule has 0 saturated carbocycles. The topological polar surface area (TPSA) is 69.8 Å². The molecule has 0 bridgehead atoms. The molecular weight excluding hydrogens is 384 g/mol. The number of hydrogen-bond donors (Lipinski definition) is 0. The lowest BCUT2D eigenvalue weighted by molar-refractivity contribution is -0.114. The Kier molecular flexibility index (Phi) is 6.67. The van der Waals surface area contributed by atoms with Crippen LogP contribution in [0.4, 0.5) is 0 Å². The second-order valence-corrected chi connectivity index (χ2v) is 7.39. The first-order chi connectivity index (χ1) is 14.7. The van der Waals surface area contributed by atoms with Crippen molar-refractivity contribution in [1.29, 1.82) is 0 Å². The van der Waals surface area contributed by atoms with Gasteiger partial charge in [-0.1, -0.05) is 24.3 Å². The number of benzene rings is 2. The zero-order valence-electron chi connectivity index (χ0n) is 17.0. The number of allylic oxidation sites excluding steroid dienone is 1. The maximum atomic E-state index is 12.3. The predicted octanol–water partition coefficient (Wildman–Crippen LogP) is 3.47. The van der Waals surface area contributed by atoms with Gasteiger partial charge in [-0.3, -0.25) is 4.79 Å². The van der Waals surface area contributed by atoms with Crippen LogP contribution in [0.5, 0.6) is 17.2 Å². The number of aryl methyl sites for hydroxylation is 1. The summed E-state index contributed by atoms with van der Waals surface area (Å²) in [4.78, 5) is 12.3. The molecule has 2 aliphatic heterocycles. The van der Waals surface area contributed by atoms with Crippen molar-refractivity contribution in [3.63, 3.8) is 0 Å². The highest BCUT2D eigenvalue weighted by molar-refractivity contribution is 5.93. The van der Waals surface area contributed by atoms with Crippen molar-refractivity contribution in [2.75, 3.05) is 33.5 Å². The summed E-state index contributed by atoms with van der Waals surface area (Å²) in [6.07, 6.45) is 4.99. The molecule has 6 nitrogen and oxygen atoms in total. The van der Waals surface area contributed by atoms with Gasteiger partial charge in [-0.2, -0.15) is 0 Å². The second-order valence-electron chi connectivity index (χ2n) is 7.39. The van der Waals surface area contributed by atoms with E-state index >= 15 is 0 Å². The first kappa shape index (κ1) is 20.4. The van der Waals surface area contributed by atoms with Crippen LogP contribution in [0.1, 0.15) is 17.5 Å². The number of carbonyl (C=O) groups excluding carboxylic acids is 1. The minimum atomic E-state index is 0.0754. The number of rotatable bonds is 12. The van der Waals surface area contributed by atoms with Crippen LogP contribution < -0.4 is 14.2 Å². The van der Waals surface area contributed by atoms with Crippen molar-refractivity contribution in [2.45, 2.75) is 25.0 Å². The molecule has 2 heterocycles. The summed E-state index contributed by atoms with van der Waals surface area (Å²) in [6.45, 7) is 2.65. The SMILES string of the molecule is COc1cc(/C=C/C(=O)CCc2ccc(OCC3CO3)cc2)ccc1OCC1CO1. The third-order valence-electron chi connectivity index (χ3n) is 4.90. The van der Waals surface area contributed by atoms with E-state index in [1.165, 1.54) is 0 Å². The minimum Gasteiger partial charge on any atom is -0.493 e. The Morgan fingerprint density at radius 2 is 1.70 bits per heavy atom. The highest BCUT2D eigenvalue weighted by Gasteiger charge is 2.24. The third-order valence-corrected chi connectivity index (χ3v) is 4.90. The standard InChI is InChI=1S/C24H26O6/c1-26-24-12-18(6-11-23(24)30-16-22-15-29-22)3-8-19(25)7-2-17-4-9-20(10-5-17)27-13-21-14-28-21/h3-6,8-12,21-22H,2,7,13-16H2,1H3/b8-3+. The summed E-state index contributed by atoms with van der Waals surface area (Å²) in [6, 6.07) is 13.5. The van der Waals surface area contributed by atoms with E-state index in [1.54, 1.807) is 19.3 Å². The molecule has 2 unspecified atom stereocenters. The first-order valence-electron chi connectivity index (χ1n) is 10.2. The van der Waals surface area contributed by atoms with Crippen LogP contribution in [0.3, 0.4) is 0 Å². The zero-order chi connectivity index (χ0) is 20.8. The van der Waals surface area contributed by atoms with Crippen LogP contribution in [0.2, 0.25) is 0 Å². The maximum absolute atomic E-state index is 12.3. The number of methoxy groups -OCH3 is 1. The summed E-state index contributed by atoms with van der Waals surface area (Å²) in [5, 5.41) is 0. The molecule has 2 aromatic rings. The molecule has 30 heavy (non-hydrogen) atoms. The molecule has 0 aromatic heterocycles. The summed E-state index contributed by atoms with van der Waals surface area (Å²) < 4.78 is 27.0. The van der Waals surface area contributed by atoms with Crippen molar-refractivity contribution in [3.05, 3.63) is 59.7 Å². The van der Waals surface area contributed by atoms with E-state index < -0.39 is 0 Å². The van der Waals surface area contributed by atoms with E-state index in [-0.39, 0.29) is 18.0 Å². The minimum absolute atomic E-state index is 0.0754. The fraction of sp³-hybridized carbons (Fsp3) is 0.375. The van der Waals surface area contributed by atoms with Crippen molar-refractivity contribution >= 4 is 11.9 Å². The summed E-state index contributed by atoms with van der Waals surface area (Å²) >= 11 is 0. The van der Waals surface area contributed by atoms with Crippen LogP contribution in [-0.4, -0.2) is 51.5 Å². The van der Waals surface area contributed by atoms with Gasteiger partial charge in [0.2, 0.25) is 0 Å². The van der Waals surface area contributed by atoms with Crippen molar-refractivity contribution in [3.8, 4) is 17.2 Å². The van der Waals surface area contributed by atoms with Crippen molar-refractivity contribution in [2.24, 2.45) is 0 Å². The number of carbonyl (C=O) groups is 1. The fourth-order valence-corrected chi connectivity index (χ4v) is 2.90. The lowest BCUT2D eigenvalue weighted by atomic mass is 10.1. The van der Waals surface area contributed by atoms with Crippen LogP contribution in [0.15, 0.2) is 48.5 Å². The van der Waals surface area contributed by atoms with Gasteiger partial charge in [0, 0.05) is 6.42 Å². The Bertz CT molecular complexity index is 881. The zero-order valence-corrected chi connectivity index (χ0v) is 17.0. The smallest absolute Gasteiger partial charge is 0.161 e. The molecule has 0 spiro atoms. The quantitative estimate of drug-likeness (QED) is 0.394. The van der Waals surface area contributed by atoms with Gasteiger partial charge in [-0.15, -0.1) is 0 Å². The Balaban J connectivity index is 1.24. The summed E-state index contributed by atoms with van der Waals surface area (Å²) in [5.41, 5.74) is 1.99. The number of hydrogen-bond acceptors (Lipinski definition) is 6. The Labute approximate surface area is 176 Å². The molecule has 0 radical (unpaired) electrons. The average molecular weight is 410 g/mol. The maximum Gasteiger partial charge on any atom is 0.161 e.